The fourth-order valence-electron chi connectivity index (χ4n) is 0.846. The Balaban J connectivity index is 0. The van der Waals surface area contributed by atoms with Gasteiger partial charge in [0, 0.05) is 0 Å². The Morgan fingerprint density at radius 2 is 1.53 bits per heavy atom. The molecule has 0 unspecified atom stereocenters. The molecular weight excluding hydrogens is 235 g/mol. The van der Waals surface area contributed by atoms with Crippen molar-refractivity contribution in [1.82, 2.24) is 0 Å². The van der Waals surface area contributed by atoms with Crippen LogP contribution in [0.4, 0.5) is 0 Å². The van der Waals surface area contributed by atoms with Crippen LogP contribution in [0, 0.1) is 0 Å². The standard InChI is InChI=1S/C6H14.C5H8Cl2O2/c1-3-5-6-4-2;1-2-5(6,7)3-4(8)9/h3-6H2,1-2H3;2-3H2,1H3,(H,8,9). The van der Waals surface area contributed by atoms with E-state index < -0.39 is 10.3 Å². The molecule has 0 radical (unpaired) electrons. The fraction of sp³-hybridized carbons (Fsp3) is 0.909. The molecule has 0 saturated heterocycles. The van der Waals surface area contributed by atoms with E-state index in [-0.39, 0.29) is 6.42 Å². The zero-order valence-corrected chi connectivity index (χ0v) is 11.4. The average molecular weight is 257 g/mol. The van der Waals surface area contributed by atoms with Crippen LogP contribution in [0.3, 0.4) is 0 Å². The minimum absolute atomic E-state index is 0.202. The molecule has 0 saturated carbocycles. The molecule has 0 amide bonds. The summed E-state index contributed by atoms with van der Waals surface area (Å²) in [7, 11) is 0. The second-order valence-corrected chi connectivity index (χ2v) is 5.13. The number of unbranched alkanes of at least 4 members (excludes halogenated alkanes) is 3. The molecule has 1 N–H and O–H groups in total. The number of aliphatic carboxylic acids is 1. The van der Waals surface area contributed by atoms with Gasteiger partial charge in [-0.3, -0.25) is 4.79 Å². The van der Waals surface area contributed by atoms with Crippen LogP contribution in [-0.2, 0) is 4.79 Å². The van der Waals surface area contributed by atoms with Gasteiger partial charge in [-0.25, -0.2) is 0 Å². The first kappa shape index (κ1) is 17.4. The maximum Gasteiger partial charge on any atom is 0.306 e. The lowest BCUT2D eigenvalue weighted by Gasteiger charge is -2.12. The Labute approximate surface area is 103 Å². The van der Waals surface area contributed by atoms with Crippen molar-refractivity contribution in [1.29, 1.82) is 0 Å². The summed E-state index contributed by atoms with van der Waals surface area (Å²) in [5.74, 6) is -0.971. The van der Waals surface area contributed by atoms with Gasteiger partial charge in [0.1, 0.15) is 4.33 Å². The fourth-order valence-corrected chi connectivity index (χ4v) is 1.07. The Morgan fingerprint density at radius 1 is 1.13 bits per heavy atom. The predicted octanol–water partition coefficient (Wildman–Crippen LogP) is 4.63. The van der Waals surface area contributed by atoms with E-state index in [1.165, 1.54) is 25.7 Å². The Bertz CT molecular complexity index is 155. The summed E-state index contributed by atoms with van der Waals surface area (Å²) in [4.78, 5) is 10.0. The van der Waals surface area contributed by atoms with E-state index in [2.05, 4.69) is 13.8 Å². The number of rotatable bonds is 6. The van der Waals surface area contributed by atoms with Gasteiger partial charge in [-0.2, -0.15) is 0 Å². The number of carboxylic acids is 1. The first-order valence-corrected chi connectivity index (χ1v) is 6.24. The minimum atomic E-state index is -1.09. The van der Waals surface area contributed by atoms with Crippen molar-refractivity contribution in [3.05, 3.63) is 0 Å². The molecule has 0 aliphatic heterocycles. The maximum atomic E-state index is 10.0. The van der Waals surface area contributed by atoms with Gasteiger partial charge in [0.25, 0.3) is 0 Å². The van der Waals surface area contributed by atoms with E-state index in [1.807, 2.05) is 0 Å². The molecule has 0 aromatic carbocycles. The number of halogens is 2. The van der Waals surface area contributed by atoms with Crippen molar-refractivity contribution in [2.75, 3.05) is 0 Å². The van der Waals surface area contributed by atoms with Gasteiger partial charge in [0.05, 0.1) is 6.42 Å². The van der Waals surface area contributed by atoms with Gasteiger partial charge >= 0.3 is 5.97 Å². The molecule has 0 fully saturated rings. The van der Waals surface area contributed by atoms with Crippen LogP contribution in [0.15, 0.2) is 0 Å². The van der Waals surface area contributed by atoms with Gasteiger partial charge < -0.3 is 5.11 Å². The summed E-state index contributed by atoms with van der Waals surface area (Å²) in [6.45, 7) is 6.20. The molecular formula is C11H22Cl2O2. The van der Waals surface area contributed by atoms with Gasteiger partial charge in [-0.05, 0) is 6.42 Å². The SMILES string of the molecule is CCC(Cl)(Cl)CC(=O)O.CCCCCC. The van der Waals surface area contributed by atoms with Crippen LogP contribution in [0.25, 0.3) is 0 Å². The van der Waals surface area contributed by atoms with Crippen LogP contribution in [0.5, 0.6) is 0 Å². The first-order valence-electron chi connectivity index (χ1n) is 5.49. The van der Waals surface area contributed by atoms with E-state index in [1.54, 1.807) is 6.92 Å². The van der Waals surface area contributed by atoms with Crippen molar-refractivity contribution in [3.63, 3.8) is 0 Å². The smallest absolute Gasteiger partial charge is 0.306 e. The molecule has 0 aromatic heterocycles. The molecule has 4 heteroatoms. The van der Waals surface area contributed by atoms with Crippen molar-refractivity contribution < 1.29 is 9.90 Å². The van der Waals surface area contributed by atoms with Crippen LogP contribution in [-0.4, -0.2) is 15.4 Å². The van der Waals surface area contributed by atoms with Crippen LogP contribution in [0.1, 0.15) is 59.3 Å². The molecule has 0 aromatic rings. The summed E-state index contributed by atoms with van der Waals surface area (Å²) >= 11 is 11.0. The van der Waals surface area contributed by atoms with Crippen molar-refractivity contribution in [2.45, 2.75) is 63.6 Å². The summed E-state index contributed by atoms with van der Waals surface area (Å²) in [5.41, 5.74) is 0. The molecule has 0 spiro atoms. The zero-order valence-electron chi connectivity index (χ0n) is 9.85. The van der Waals surface area contributed by atoms with E-state index >= 15 is 0 Å². The number of hydrogen-bond donors (Lipinski definition) is 1. The van der Waals surface area contributed by atoms with Gasteiger partial charge in [0.2, 0.25) is 0 Å². The van der Waals surface area contributed by atoms with Crippen LogP contribution in [0.2, 0.25) is 0 Å². The Morgan fingerprint density at radius 3 is 1.67 bits per heavy atom. The minimum Gasteiger partial charge on any atom is -0.481 e. The third-order valence-electron chi connectivity index (χ3n) is 1.88. The number of carbonyl (C=O) groups is 1. The third kappa shape index (κ3) is 16.7. The molecule has 0 bridgehead atoms. The first-order chi connectivity index (χ1) is 6.89. The topological polar surface area (TPSA) is 37.3 Å². The number of hydrogen-bond acceptors (Lipinski definition) is 1. The highest BCUT2D eigenvalue weighted by atomic mass is 35.5. The molecule has 0 rings (SSSR count). The summed E-state index contributed by atoms with van der Waals surface area (Å²) in [5, 5.41) is 8.21. The van der Waals surface area contributed by atoms with E-state index in [9.17, 15) is 4.79 Å². The summed E-state index contributed by atoms with van der Waals surface area (Å²) in [6.07, 6.45) is 5.78. The highest BCUT2D eigenvalue weighted by molar-refractivity contribution is 6.49. The van der Waals surface area contributed by atoms with E-state index in [4.69, 9.17) is 28.3 Å². The van der Waals surface area contributed by atoms with Gasteiger partial charge in [-0.15, -0.1) is 23.2 Å². The lowest BCUT2D eigenvalue weighted by Crippen LogP contribution is -2.16. The normalized spacial score (nSPS) is 10.5. The molecule has 0 aliphatic rings. The molecule has 15 heavy (non-hydrogen) atoms. The van der Waals surface area contributed by atoms with Crippen LogP contribution < -0.4 is 0 Å². The van der Waals surface area contributed by atoms with E-state index in [0.717, 1.165) is 0 Å². The lowest BCUT2D eigenvalue weighted by atomic mass is 10.2. The largest absolute Gasteiger partial charge is 0.481 e. The predicted molar refractivity (Wildman–Crippen MR) is 66.8 cm³/mol. The van der Waals surface area contributed by atoms with Crippen LogP contribution >= 0.6 is 23.2 Å². The van der Waals surface area contributed by atoms with Crippen molar-refractivity contribution in [3.8, 4) is 0 Å². The Kier molecular flexibility index (Phi) is 12.3. The second kappa shape index (κ2) is 10.6. The van der Waals surface area contributed by atoms with Gasteiger partial charge in [-0.1, -0.05) is 46.5 Å². The monoisotopic (exact) mass is 256 g/mol. The summed E-state index contributed by atoms with van der Waals surface area (Å²) < 4.78 is -1.09. The van der Waals surface area contributed by atoms with E-state index in [0.29, 0.717) is 6.42 Å². The molecule has 0 aliphatic carbocycles. The molecule has 92 valence electrons. The highest BCUT2D eigenvalue weighted by Crippen LogP contribution is 2.28. The van der Waals surface area contributed by atoms with Crippen molar-refractivity contribution in [2.24, 2.45) is 0 Å². The number of carboxylic acid groups (broad SMARTS) is 1. The van der Waals surface area contributed by atoms with Crippen molar-refractivity contribution >= 4 is 29.2 Å². The highest BCUT2D eigenvalue weighted by Gasteiger charge is 2.24. The second-order valence-electron chi connectivity index (χ2n) is 3.49. The van der Waals surface area contributed by atoms with Gasteiger partial charge in [0.15, 0.2) is 0 Å². The number of alkyl halides is 2. The molecule has 0 heterocycles. The molecule has 0 atom stereocenters. The maximum absolute atomic E-state index is 10.0. The third-order valence-corrected chi connectivity index (χ3v) is 2.69. The molecule has 2 nitrogen and oxygen atoms in total. The quantitative estimate of drug-likeness (QED) is 0.556. The average Bonchev–Trinajstić information content (AvgIpc) is 2.14. The Hall–Kier alpha value is 0.0500. The lowest BCUT2D eigenvalue weighted by molar-refractivity contribution is -0.137. The summed E-state index contributed by atoms with van der Waals surface area (Å²) in [6, 6.07) is 0. The zero-order chi connectivity index (χ0) is 12.3.